The Labute approximate surface area is 107 Å². The molecular weight excluding hydrogens is 284 g/mol. The maximum atomic E-state index is 11.9. The summed E-state index contributed by atoms with van der Waals surface area (Å²) < 4.78 is 2.48. The van der Waals surface area contributed by atoms with Gasteiger partial charge in [-0.25, -0.2) is 4.98 Å². The van der Waals surface area contributed by atoms with Crippen LogP contribution >= 0.6 is 15.9 Å². The number of halogens is 1. The number of carbonyl (C=O) groups is 1. The van der Waals surface area contributed by atoms with Crippen LogP contribution in [0.15, 0.2) is 22.8 Å². The highest BCUT2D eigenvalue weighted by atomic mass is 79.9. The number of imidazole rings is 1. The zero-order valence-electron chi connectivity index (χ0n) is 9.57. The first-order valence-corrected chi connectivity index (χ1v) is 6.03. The topological polar surface area (TPSA) is 72.4 Å². The maximum absolute atomic E-state index is 11.9. The van der Waals surface area contributed by atoms with E-state index in [4.69, 9.17) is 5.73 Å². The van der Waals surface area contributed by atoms with Crippen LogP contribution in [0.2, 0.25) is 0 Å². The third-order valence-corrected chi connectivity index (χ3v) is 2.89. The predicted molar refractivity (Wildman–Crippen MR) is 69.9 cm³/mol. The summed E-state index contributed by atoms with van der Waals surface area (Å²) in [6, 6.07) is 3.74. The number of fused-ring (bicyclic) bond motifs is 1. The van der Waals surface area contributed by atoms with Gasteiger partial charge in [0, 0.05) is 12.2 Å². The van der Waals surface area contributed by atoms with Crippen molar-refractivity contribution in [3.8, 4) is 0 Å². The number of carbonyl (C=O) groups excluding carboxylic acids is 1. The van der Waals surface area contributed by atoms with Gasteiger partial charge < -0.3 is 11.1 Å². The molecule has 3 N–H and O–H groups in total. The fourth-order valence-electron chi connectivity index (χ4n) is 1.55. The van der Waals surface area contributed by atoms with Crippen LogP contribution < -0.4 is 11.1 Å². The summed E-state index contributed by atoms with van der Waals surface area (Å²) >= 11 is 3.37. The minimum Gasteiger partial charge on any atom is -0.383 e. The van der Waals surface area contributed by atoms with Crippen molar-refractivity contribution in [3.63, 3.8) is 0 Å². The van der Waals surface area contributed by atoms with Gasteiger partial charge in [-0.1, -0.05) is 0 Å². The number of nitrogens with zero attached hydrogens (tertiary/aromatic N) is 2. The van der Waals surface area contributed by atoms with Gasteiger partial charge in [0.15, 0.2) is 11.3 Å². The van der Waals surface area contributed by atoms with Crippen LogP contribution in [0.5, 0.6) is 0 Å². The van der Waals surface area contributed by atoms with Crippen molar-refractivity contribution in [1.29, 1.82) is 0 Å². The number of nitrogens with two attached hydrogens (primary N) is 1. The number of aromatic nitrogens is 2. The van der Waals surface area contributed by atoms with Gasteiger partial charge in [0.05, 0.1) is 4.47 Å². The number of amides is 1. The lowest BCUT2D eigenvalue weighted by Gasteiger charge is -2.06. The predicted octanol–water partition coefficient (Wildman–Crippen LogP) is 1.82. The molecule has 0 fully saturated rings. The summed E-state index contributed by atoms with van der Waals surface area (Å²) in [4.78, 5) is 16.1. The lowest BCUT2D eigenvalue weighted by molar-refractivity contribution is 0.0939. The van der Waals surface area contributed by atoms with Crippen LogP contribution in [-0.2, 0) is 0 Å². The molecule has 0 aromatic carbocycles. The Hall–Kier alpha value is -1.56. The van der Waals surface area contributed by atoms with Crippen molar-refractivity contribution in [1.82, 2.24) is 14.7 Å². The van der Waals surface area contributed by atoms with Gasteiger partial charge in [0.1, 0.15) is 5.82 Å². The highest BCUT2D eigenvalue weighted by Crippen LogP contribution is 2.21. The molecule has 1 amide bonds. The van der Waals surface area contributed by atoms with Crippen molar-refractivity contribution < 1.29 is 4.79 Å². The van der Waals surface area contributed by atoms with Crippen LogP contribution in [0.3, 0.4) is 0 Å². The molecule has 0 spiro atoms. The Balaban J connectivity index is 2.52. The SMILES string of the molecule is CC(C)NC(=O)c1nc2c(Br)cccn2c1N. The molecule has 0 saturated heterocycles. The van der Waals surface area contributed by atoms with E-state index in [0.717, 1.165) is 4.47 Å². The van der Waals surface area contributed by atoms with Gasteiger partial charge in [-0.2, -0.15) is 0 Å². The first-order chi connectivity index (χ1) is 8.00. The second-order valence-corrected chi connectivity index (χ2v) is 4.88. The first-order valence-electron chi connectivity index (χ1n) is 5.23. The molecular formula is C11H13BrN4O. The average Bonchev–Trinajstić information content (AvgIpc) is 2.57. The van der Waals surface area contributed by atoms with Crippen LogP contribution in [0.4, 0.5) is 5.82 Å². The van der Waals surface area contributed by atoms with Gasteiger partial charge in [-0.3, -0.25) is 9.20 Å². The van der Waals surface area contributed by atoms with E-state index in [0.29, 0.717) is 11.5 Å². The Morgan fingerprint density at radius 2 is 2.29 bits per heavy atom. The zero-order valence-corrected chi connectivity index (χ0v) is 11.2. The van der Waals surface area contributed by atoms with Crippen molar-refractivity contribution in [2.75, 3.05) is 5.73 Å². The Kier molecular flexibility index (Phi) is 3.06. The molecule has 2 aromatic heterocycles. The first kappa shape index (κ1) is 11.9. The third-order valence-electron chi connectivity index (χ3n) is 2.27. The summed E-state index contributed by atoms with van der Waals surface area (Å²) in [6.07, 6.45) is 1.77. The van der Waals surface area contributed by atoms with Crippen molar-refractivity contribution in [2.24, 2.45) is 0 Å². The van der Waals surface area contributed by atoms with E-state index in [-0.39, 0.29) is 17.6 Å². The number of nitrogens with one attached hydrogen (secondary N) is 1. The fraction of sp³-hybridized carbons (Fsp3) is 0.273. The number of anilines is 1. The van der Waals surface area contributed by atoms with E-state index in [1.54, 1.807) is 10.6 Å². The van der Waals surface area contributed by atoms with Crippen LogP contribution in [-0.4, -0.2) is 21.3 Å². The molecule has 2 aromatic rings. The van der Waals surface area contributed by atoms with Gasteiger partial charge in [-0.05, 0) is 41.9 Å². The molecule has 0 aliphatic carbocycles. The van der Waals surface area contributed by atoms with Crippen LogP contribution in [0.1, 0.15) is 24.3 Å². The molecule has 0 aliphatic rings. The summed E-state index contributed by atoms with van der Waals surface area (Å²) in [5.74, 6) is 0.0903. The van der Waals surface area contributed by atoms with E-state index in [9.17, 15) is 4.79 Å². The maximum Gasteiger partial charge on any atom is 0.273 e. The summed E-state index contributed by atoms with van der Waals surface area (Å²) in [6.45, 7) is 3.78. The molecule has 2 rings (SSSR count). The van der Waals surface area contributed by atoms with Crippen molar-refractivity contribution in [2.45, 2.75) is 19.9 Å². The molecule has 90 valence electrons. The van der Waals surface area contributed by atoms with Gasteiger partial charge >= 0.3 is 0 Å². The normalized spacial score (nSPS) is 11.1. The lowest BCUT2D eigenvalue weighted by atomic mass is 10.3. The smallest absolute Gasteiger partial charge is 0.273 e. The molecule has 0 bridgehead atoms. The second kappa shape index (κ2) is 4.37. The largest absolute Gasteiger partial charge is 0.383 e. The number of hydrogen-bond acceptors (Lipinski definition) is 3. The minimum atomic E-state index is -0.256. The number of rotatable bonds is 2. The molecule has 0 aliphatic heterocycles. The number of nitrogen functional groups attached to an aromatic ring is 1. The molecule has 5 nitrogen and oxygen atoms in total. The second-order valence-electron chi connectivity index (χ2n) is 4.02. The molecule has 0 unspecified atom stereocenters. The molecule has 0 atom stereocenters. The minimum absolute atomic E-state index is 0.0511. The molecule has 0 radical (unpaired) electrons. The third kappa shape index (κ3) is 2.12. The fourth-order valence-corrected chi connectivity index (χ4v) is 1.98. The van der Waals surface area contributed by atoms with Gasteiger partial charge in [0.25, 0.3) is 5.91 Å². The van der Waals surface area contributed by atoms with Gasteiger partial charge in [0.2, 0.25) is 0 Å². The van der Waals surface area contributed by atoms with Crippen LogP contribution in [0.25, 0.3) is 5.65 Å². The van der Waals surface area contributed by atoms with Crippen LogP contribution in [0, 0.1) is 0 Å². The van der Waals surface area contributed by atoms with E-state index >= 15 is 0 Å². The quantitative estimate of drug-likeness (QED) is 0.888. The molecule has 17 heavy (non-hydrogen) atoms. The molecule has 6 heteroatoms. The van der Waals surface area contributed by atoms with Crippen molar-refractivity contribution >= 4 is 33.3 Å². The van der Waals surface area contributed by atoms with Gasteiger partial charge in [-0.15, -0.1) is 0 Å². The van der Waals surface area contributed by atoms with E-state index in [1.165, 1.54) is 0 Å². The summed E-state index contributed by atoms with van der Waals surface area (Å²) in [7, 11) is 0. The molecule has 2 heterocycles. The summed E-state index contributed by atoms with van der Waals surface area (Å²) in [5, 5.41) is 2.77. The van der Waals surface area contributed by atoms with E-state index in [2.05, 4.69) is 26.2 Å². The number of pyridine rings is 1. The summed E-state index contributed by atoms with van der Waals surface area (Å²) in [5.41, 5.74) is 6.80. The highest BCUT2D eigenvalue weighted by molar-refractivity contribution is 9.10. The van der Waals surface area contributed by atoms with Crippen molar-refractivity contribution in [3.05, 3.63) is 28.5 Å². The standard InChI is InChI=1S/C11H13BrN4O/c1-6(2)14-11(17)8-9(13)16-5-3-4-7(12)10(16)15-8/h3-6H,13H2,1-2H3,(H,14,17). The monoisotopic (exact) mass is 296 g/mol. The highest BCUT2D eigenvalue weighted by Gasteiger charge is 2.18. The Bertz CT molecular complexity index is 576. The van der Waals surface area contributed by atoms with E-state index in [1.807, 2.05) is 26.0 Å². The Morgan fingerprint density at radius 3 is 2.88 bits per heavy atom. The van der Waals surface area contributed by atoms with E-state index < -0.39 is 0 Å². The Morgan fingerprint density at radius 1 is 1.59 bits per heavy atom. The average molecular weight is 297 g/mol. The number of hydrogen-bond donors (Lipinski definition) is 2. The lowest BCUT2D eigenvalue weighted by Crippen LogP contribution is -2.30. The zero-order chi connectivity index (χ0) is 12.6. The molecule has 0 saturated carbocycles.